The Morgan fingerprint density at radius 1 is 0.975 bits per heavy atom. The normalized spacial score (nSPS) is 12.1. The fourth-order valence-corrected chi connectivity index (χ4v) is 5.71. The molecule has 0 unspecified atom stereocenters. The summed E-state index contributed by atoms with van der Waals surface area (Å²) in [7, 11) is -2.01. The van der Waals surface area contributed by atoms with Gasteiger partial charge in [0.2, 0.25) is 0 Å². The Bertz CT molecular complexity index is 1600. The molecule has 0 aliphatic rings. The third-order valence-corrected chi connectivity index (χ3v) is 8.02. The van der Waals surface area contributed by atoms with Crippen LogP contribution in [-0.2, 0) is 16.6 Å². The SMILES string of the molecule is COc1ccc(CN(c2ccncn2)S(=O)(=O)c2c(F)cc(N[C@@H](C)c3cc(Cl)ccc3F)cc2F)c(OC)c1. The van der Waals surface area contributed by atoms with Gasteiger partial charge >= 0.3 is 0 Å². The fourth-order valence-electron chi connectivity index (χ4n) is 4.03. The Morgan fingerprint density at radius 3 is 2.33 bits per heavy atom. The number of ether oxygens (including phenoxy) is 2. The van der Waals surface area contributed by atoms with E-state index in [1.807, 2.05) is 0 Å². The van der Waals surface area contributed by atoms with E-state index < -0.39 is 38.4 Å². The predicted molar refractivity (Wildman–Crippen MR) is 145 cm³/mol. The van der Waals surface area contributed by atoms with E-state index in [4.69, 9.17) is 21.1 Å². The first-order valence-corrected chi connectivity index (χ1v) is 13.6. The Labute approximate surface area is 234 Å². The average Bonchev–Trinajstić information content (AvgIpc) is 2.92. The number of methoxy groups -OCH3 is 2. The lowest BCUT2D eigenvalue weighted by Crippen LogP contribution is -2.33. The number of nitrogens with zero attached hydrogens (tertiary/aromatic N) is 3. The van der Waals surface area contributed by atoms with Crippen LogP contribution in [0.2, 0.25) is 5.02 Å². The highest BCUT2D eigenvalue weighted by molar-refractivity contribution is 7.92. The first kappa shape index (κ1) is 29.0. The second-order valence-corrected chi connectivity index (χ2v) is 10.8. The van der Waals surface area contributed by atoms with Gasteiger partial charge in [-0.25, -0.2) is 35.9 Å². The van der Waals surface area contributed by atoms with Gasteiger partial charge in [0.15, 0.2) is 4.90 Å². The number of nitrogens with one attached hydrogen (secondary N) is 1. The van der Waals surface area contributed by atoms with Crippen LogP contribution in [0.15, 0.2) is 72.0 Å². The van der Waals surface area contributed by atoms with E-state index in [1.54, 1.807) is 25.1 Å². The summed E-state index contributed by atoms with van der Waals surface area (Å²) >= 11 is 5.95. The molecule has 3 aromatic carbocycles. The summed E-state index contributed by atoms with van der Waals surface area (Å²) in [5, 5.41) is 3.06. The number of aromatic nitrogens is 2. The van der Waals surface area contributed by atoms with Gasteiger partial charge in [-0.2, -0.15) is 0 Å². The molecule has 8 nitrogen and oxygen atoms in total. The summed E-state index contributed by atoms with van der Waals surface area (Å²) in [5.74, 6) is -2.66. The van der Waals surface area contributed by atoms with E-state index in [9.17, 15) is 12.8 Å². The lowest BCUT2D eigenvalue weighted by molar-refractivity contribution is 0.391. The molecule has 13 heteroatoms. The summed E-state index contributed by atoms with van der Waals surface area (Å²) in [6.45, 7) is 1.19. The standard InChI is InChI=1S/C27H24ClF3N4O4S/c1-16(21-10-18(28)5-7-22(21)29)34-19-11-23(30)27(24(31)12-19)40(36,37)35(26-8-9-32-15-33-26)14-17-4-6-20(38-2)13-25(17)39-3/h4-13,15-16,34H,14H2,1-3H3/t16-/m0/s1. The third-order valence-electron chi connectivity index (χ3n) is 5.98. The molecule has 0 spiro atoms. The smallest absolute Gasteiger partial charge is 0.271 e. The highest BCUT2D eigenvalue weighted by Crippen LogP contribution is 2.33. The van der Waals surface area contributed by atoms with Gasteiger partial charge < -0.3 is 14.8 Å². The minimum Gasteiger partial charge on any atom is -0.497 e. The first-order chi connectivity index (χ1) is 19.0. The number of anilines is 2. The maximum absolute atomic E-state index is 15.4. The molecule has 0 saturated heterocycles. The quantitative estimate of drug-likeness (QED) is 0.237. The van der Waals surface area contributed by atoms with E-state index >= 15 is 8.78 Å². The van der Waals surface area contributed by atoms with Crippen LogP contribution in [0.25, 0.3) is 0 Å². The second kappa shape index (κ2) is 12.0. The van der Waals surface area contributed by atoms with Crippen LogP contribution >= 0.6 is 11.6 Å². The molecule has 0 bridgehead atoms. The fraction of sp³-hybridized carbons (Fsp3) is 0.185. The van der Waals surface area contributed by atoms with Gasteiger partial charge in [-0.05, 0) is 49.4 Å². The Morgan fingerprint density at radius 2 is 1.70 bits per heavy atom. The Hall–Kier alpha value is -4.03. The highest BCUT2D eigenvalue weighted by atomic mass is 35.5. The van der Waals surface area contributed by atoms with E-state index in [-0.39, 0.29) is 34.4 Å². The monoisotopic (exact) mass is 592 g/mol. The van der Waals surface area contributed by atoms with Crippen molar-refractivity contribution < 1.29 is 31.1 Å². The minimum absolute atomic E-state index is 0.105. The Balaban J connectivity index is 1.73. The molecular formula is C27H24ClF3N4O4S. The van der Waals surface area contributed by atoms with Crippen molar-refractivity contribution in [2.45, 2.75) is 24.4 Å². The largest absolute Gasteiger partial charge is 0.497 e. The molecule has 0 amide bonds. The van der Waals surface area contributed by atoms with Crippen molar-refractivity contribution in [2.75, 3.05) is 23.8 Å². The van der Waals surface area contributed by atoms with Gasteiger partial charge in [-0.3, -0.25) is 0 Å². The van der Waals surface area contributed by atoms with Crippen molar-refractivity contribution in [1.82, 2.24) is 9.97 Å². The Kier molecular flexibility index (Phi) is 8.70. The van der Waals surface area contributed by atoms with E-state index in [0.29, 0.717) is 11.3 Å². The second-order valence-electron chi connectivity index (χ2n) is 8.56. The summed E-state index contributed by atoms with van der Waals surface area (Å²) < 4.78 is 83.9. The van der Waals surface area contributed by atoms with Crippen molar-refractivity contribution in [1.29, 1.82) is 0 Å². The van der Waals surface area contributed by atoms with E-state index in [0.717, 1.165) is 22.8 Å². The molecule has 4 rings (SSSR count). The molecule has 4 aromatic rings. The van der Waals surface area contributed by atoms with Gasteiger partial charge in [0.05, 0.1) is 26.8 Å². The minimum atomic E-state index is -4.86. The topological polar surface area (TPSA) is 93.7 Å². The van der Waals surface area contributed by atoms with Crippen molar-refractivity contribution in [3.8, 4) is 11.5 Å². The summed E-state index contributed by atoms with van der Waals surface area (Å²) in [5.41, 5.74) is 0.432. The van der Waals surface area contributed by atoms with Crippen LogP contribution in [0.5, 0.6) is 11.5 Å². The predicted octanol–water partition coefficient (Wildman–Crippen LogP) is 6.13. The average molecular weight is 593 g/mol. The number of halogens is 4. The van der Waals surface area contributed by atoms with Crippen LogP contribution in [0.1, 0.15) is 24.1 Å². The van der Waals surface area contributed by atoms with Crippen LogP contribution in [0, 0.1) is 17.5 Å². The van der Waals surface area contributed by atoms with Crippen LogP contribution in [-0.4, -0.2) is 32.6 Å². The summed E-state index contributed by atoms with van der Waals surface area (Å²) in [6, 6.07) is 10.8. The zero-order chi connectivity index (χ0) is 29.0. The maximum Gasteiger partial charge on any atom is 0.271 e. The molecular weight excluding hydrogens is 569 g/mol. The van der Waals surface area contributed by atoms with Crippen LogP contribution in [0.4, 0.5) is 24.7 Å². The molecule has 210 valence electrons. The number of hydrogen-bond donors (Lipinski definition) is 1. The van der Waals surface area contributed by atoms with Gasteiger partial charge in [0.1, 0.15) is 41.1 Å². The highest BCUT2D eigenvalue weighted by Gasteiger charge is 2.33. The molecule has 0 aliphatic heterocycles. The molecule has 1 aromatic heterocycles. The molecule has 0 aliphatic carbocycles. The number of hydrogen-bond acceptors (Lipinski definition) is 7. The first-order valence-electron chi connectivity index (χ1n) is 11.7. The maximum atomic E-state index is 15.4. The van der Waals surface area contributed by atoms with Crippen LogP contribution in [0.3, 0.4) is 0 Å². The molecule has 0 fully saturated rings. The van der Waals surface area contributed by atoms with Crippen molar-refractivity contribution in [3.63, 3.8) is 0 Å². The summed E-state index contributed by atoms with van der Waals surface area (Å²) in [6.07, 6.45) is 2.41. The zero-order valence-electron chi connectivity index (χ0n) is 21.5. The number of rotatable bonds is 10. The van der Waals surface area contributed by atoms with Gasteiger partial charge in [0, 0.05) is 40.2 Å². The van der Waals surface area contributed by atoms with Gasteiger partial charge in [-0.1, -0.05) is 11.6 Å². The lowest BCUT2D eigenvalue weighted by Gasteiger charge is -2.25. The van der Waals surface area contributed by atoms with Crippen molar-refractivity contribution in [2.24, 2.45) is 0 Å². The zero-order valence-corrected chi connectivity index (χ0v) is 23.1. The van der Waals surface area contributed by atoms with Crippen LogP contribution < -0.4 is 19.1 Å². The molecule has 1 heterocycles. The molecule has 40 heavy (non-hydrogen) atoms. The van der Waals surface area contributed by atoms with Crippen molar-refractivity contribution >= 4 is 33.1 Å². The van der Waals surface area contributed by atoms with E-state index in [1.165, 1.54) is 44.7 Å². The van der Waals surface area contributed by atoms with Crippen molar-refractivity contribution in [3.05, 3.63) is 101 Å². The molecule has 1 N–H and O–H groups in total. The molecule has 1 atom stereocenters. The molecule has 0 saturated carbocycles. The number of sulfonamides is 1. The van der Waals surface area contributed by atoms with Gasteiger partial charge in [-0.15, -0.1) is 0 Å². The van der Waals surface area contributed by atoms with Gasteiger partial charge in [0.25, 0.3) is 10.0 Å². The lowest BCUT2D eigenvalue weighted by atomic mass is 10.1. The summed E-state index contributed by atoms with van der Waals surface area (Å²) in [4.78, 5) is 6.59. The number of benzene rings is 3. The molecule has 0 radical (unpaired) electrons. The third kappa shape index (κ3) is 6.07. The van der Waals surface area contributed by atoms with E-state index in [2.05, 4.69) is 15.3 Å².